The van der Waals surface area contributed by atoms with Gasteiger partial charge in [-0.2, -0.15) is 0 Å². The van der Waals surface area contributed by atoms with E-state index in [4.69, 9.17) is 4.74 Å². The molecule has 1 aromatic carbocycles. The van der Waals surface area contributed by atoms with Crippen LogP contribution in [0, 0.1) is 6.92 Å². The van der Waals surface area contributed by atoms with E-state index in [-0.39, 0.29) is 33.9 Å². The van der Waals surface area contributed by atoms with Crippen LogP contribution in [-0.2, 0) is 11.3 Å². The molecule has 2 rings (SSSR count). The highest BCUT2D eigenvalue weighted by molar-refractivity contribution is 5.92. The molecule has 0 spiro atoms. The third-order valence-electron chi connectivity index (χ3n) is 3.12. The molecule has 1 atom stereocenters. The van der Waals surface area contributed by atoms with Crippen molar-refractivity contribution in [3.63, 3.8) is 0 Å². The van der Waals surface area contributed by atoms with Crippen LogP contribution in [0.5, 0.6) is 11.5 Å². The van der Waals surface area contributed by atoms with Crippen molar-refractivity contribution in [2.45, 2.75) is 19.8 Å². The molecule has 0 saturated carbocycles. The van der Waals surface area contributed by atoms with Crippen LogP contribution in [0.3, 0.4) is 0 Å². The molecule has 0 saturated heterocycles. The Labute approximate surface area is 126 Å². The fourth-order valence-electron chi connectivity index (χ4n) is 1.92. The van der Waals surface area contributed by atoms with Crippen molar-refractivity contribution in [2.24, 2.45) is 0 Å². The summed E-state index contributed by atoms with van der Waals surface area (Å²) in [7, 11) is 0. The van der Waals surface area contributed by atoms with Crippen molar-refractivity contribution in [3.8, 4) is 11.5 Å². The molecule has 4 N–H and O–H groups in total. The standard InChI is InChI=1S/C15H15NO6/c1-8-13(19)12(9(7-17)6-16-8)15(21)22-14(20)10-4-2-3-5-11(10)18/h2-6,15,17-19,21H,7H2,1H3. The van der Waals surface area contributed by atoms with E-state index < -0.39 is 18.9 Å². The van der Waals surface area contributed by atoms with Gasteiger partial charge in [0.1, 0.15) is 17.1 Å². The highest BCUT2D eigenvalue weighted by Crippen LogP contribution is 2.31. The lowest BCUT2D eigenvalue weighted by molar-refractivity contribution is -0.0692. The monoisotopic (exact) mass is 305 g/mol. The van der Waals surface area contributed by atoms with Crippen molar-refractivity contribution in [2.75, 3.05) is 0 Å². The molecular formula is C15H15NO6. The molecule has 0 radical (unpaired) electrons. The number of aliphatic hydroxyl groups excluding tert-OH is 2. The van der Waals surface area contributed by atoms with E-state index in [1.807, 2.05) is 0 Å². The first kappa shape index (κ1) is 15.7. The van der Waals surface area contributed by atoms with Crippen LogP contribution in [0.25, 0.3) is 0 Å². The number of pyridine rings is 1. The number of benzene rings is 1. The van der Waals surface area contributed by atoms with Crippen molar-refractivity contribution < 1.29 is 30.0 Å². The number of aromatic hydroxyl groups is 2. The summed E-state index contributed by atoms with van der Waals surface area (Å²) in [5, 5.41) is 38.8. The van der Waals surface area contributed by atoms with E-state index in [9.17, 15) is 25.2 Å². The first-order chi connectivity index (χ1) is 10.5. The Morgan fingerprint density at radius 2 is 2.00 bits per heavy atom. The minimum Gasteiger partial charge on any atom is -0.507 e. The van der Waals surface area contributed by atoms with E-state index in [2.05, 4.69) is 4.98 Å². The Balaban J connectivity index is 2.30. The zero-order chi connectivity index (χ0) is 16.3. The van der Waals surface area contributed by atoms with E-state index in [0.29, 0.717) is 0 Å². The molecule has 2 aromatic rings. The number of esters is 1. The molecule has 1 unspecified atom stereocenters. The maximum Gasteiger partial charge on any atom is 0.344 e. The molecule has 1 heterocycles. The quantitative estimate of drug-likeness (QED) is 0.494. The summed E-state index contributed by atoms with van der Waals surface area (Å²) in [6, 6.07) is 5.69. The zero-order valence-corrected chi connectivity index (χ0v) is 11.7. The summed E-state index contributed by atoms with van der Waals surface area (Å²) in [6.07, 6.45) is -0.544. The number of aromatic nitrogens is 1. The number of aliphatic hydroxyl groups is 2. The van der Waals surface area contributed by atoms with Gasteiger partial charge in [-0.25, -0.2) is 4.79 Å². The summed E-state index contributed by atoms with van der Waals surface area (Å²) in [4.78, 5) is 15.8. The third-order valence-corrected chi connectivity index (χ3v) is 3.12. The summed E-state index contributed by atoms with van der Waals surface area (Å²) < 4.78 is 4.84. The van der Waals surface area contributed by atoms with Crippen molar-refractivity contribution in [1.29, 1.82) is 0 Å². The minimum atomic E-state index is -1.81. The van der Waals surface area contributed by atoms with Crippen LogP contribution < -0.4 is 0 Å². The second kappa shape index (κ2) is 6.42. The van der Waals surface area contributed by atoms with Gasteiger partial charge in [-0.05, 0) is 19.1 Å². The Bertz CT molecular complexity index is 700. The largest absolute Gasteiger partial charge is 0.507 e. The second-order valence-electron chi connectivity index (χ2n) is 4.56. The first-order valence-corrected chi connectivity index (χ1v) is 6.41. The predicted octanol–water partition coefficient (Wildman–Crippen LogP) is 1.14. The van der Waals surface area contributed by atoms with Gasteiger partial charge in [-0.3, -0.25) is 4.98 Å². The summed E-state index contributed by atoms with van der Waals surface area (Å²) in [6.45, 7) is 0.999. The fourth-order valence-corrected chi connectivity index (χ4v) is 1.92. The van der Waals surface area contributed by atoms with Gasteiger partial charge >= 0.3 is 5.97 Å². The normalized spacial score (nSPS) is 12.0. The van der Waals surface area contributed by atoms with Crippen LogP contribution in [0.1, 0.15) is 33.5 Å². The van der Waals surface area contributed by atoms with Crippen molar-refractivity contribution >= 4 is 5.97 Å². The van der Waals surface area contributed by atoms with Gasteiger partial charge in [0.2, 0.25) is 6.29 Å². The van der Waals surface area contributed by atoms with E-state index in [1.165, 1.54) is 37.4 Å². The molecule has 1 aromatic heterocycles. The molecule has 0 amide bonds. The lowest BCUT2D eigenvalue weighted by Gasteiger charge is -2.17. The van der Waals surface area contributed by atoms with Gasteiger partial charge in [-0.1, -0.05) is 12.1 Å². The molecule has 0 aliphatic heterocycles. The Hall–Kier alpha value is -2.64. The van der Waals surface area contributed by atoms with Gasteiger partial charge in [0, 0.05) is 11.8 Å². The average Bonchev–Trinajstić information content (AvgIpc) is 2.49. The number of phenols is 1. The number of carbonyl (C=O) groups excluding carboxylic acids is 1. The van der Waals surface area contributed by atoms with Crippen LogP contribution in [0.4, 0.5) is 0 Å². The zero-order valence-electron chi connectivity index (χ0n) is 11.7. The van der Waals surface area contributed by atoms with Crippen LogP contribution in [-0.4, -0.2) is 31.4 Å². The molecule has 7 heteroatoms. The maximum atomic E-state index is 11.9. The topological polar surface area (TPSA) is 120 Å². The fraction of sp³-hybridized carbons (Fsp3) is 0.200. The predicted molar refractivity (Wildman–Crippen MR) is 75.0 cm³/mol. The van der Waals surface area contributed by atoms with Crippen LogP contribution in [0.15, 0.2) is 30.5 Å². The van der Waals surface area contributed by atoms with E-state index >= 15 is 0 Å². The van der Waals surface area contributed by atoms with Crippen molar-refractivity contribution in [1.82, 2.24) is 4.98 Å². The number of aryl methyl sites for hydroxylation is 1. The molecule has 0 bridgehead atoms. The number of phenolic OH excluding ortho intramolecular Hbond substituents is 1. The van der Waals surface area contributed by atoms with Gasteiger partial charge in [0.05, 0.1) is 17.9 Å². The second-order valence-corrected chi connectivity index (χ2v) is 4.56. The van der Waals surface area contributed by atoms with Gasteiger partial charge in [0.25, 0.3) is 0 Å². The first-order valence-electron chi connectivity index (χ1n) is 6.41. The van der Waals surface area contributed by atoms with E-state index in [1.54, 1.807) is 0 Å². The lowest BCUT2D eigenvalue weighted by atomic mass is 10.1. The molecule has 0 fully saturated rings. The highest BCUT2D eigenvalue weighted by Gasteiger charge is 2.24. The molecule has 116 valence electrons. The number of hydrogen-bond acceptors (Lipinski definition) is 7. The Morgan fingerprint density at radius 3 is 2.64 bits per heavy atom. The summed E-state index contributed by atoms with van der Waals surface area (Å²) in [5.74, 6) is -1.63. The van der Waals surface area contributed by atoms with E-state index in [0.717, 1.165) is 0 Å². The number of nitrogens with zero attached hydrogens (tertiary/aromatic N) is 1. The molecule has 22 heavy (non-hydrogen) atoms. The number of para-hydroxylation sites is 1. The number of carbonyl (C=O) groups is 1. The molecule has 7 nitrogen and oxygen atoms in total. The number of hydrogen-bond donors (Lipinski definition) is 4. The van der Waals surface area contributed by atoms with Crippen LogP contribution >= 0.6 is 0 Å². The Kier molecular flexibility index (Phi) is 4.59. The maximum absolute atomic E-state index is 11.9. The van der Waals surface area contributed by atoms with Gasteiger partial charge < -0.3 is 25.2 Å². The van der Waals surface area contributed by atoms with Crippen LogP contribution in [0.2, 0.25) is 0 Å². The number of ether oxygens (including phenoxy) is 1. The molecule has 0 aliphatic carbocycles. The third kappa shape index (κ3) is 3.00. The molecule has 0 aliphatic rings. The highest BCUT2D eigenvalue weighted by atomic mass is 16.6. The SMILES string of the molecule is Cc1ncc(CO)c(C(O)OC(=O)c2ccccc2O)c1O. The lowest BCUT2D eigenvalue weighted by Crippen LogP contribution is -2.14. The minimum absolute atomic E-state index is 0.126. The van der Waals surface area contributed by atoms with Gasteiger partial charge in [0.15, 0.2) is 0 Å². The summed E-state index contributed by atoms with van der Waals surface area (Å²) in [5.41, 5.74) is 0.0710. The smallest absolute Gasteiger partial charge is 0.344 e. The number of rotatable bonds is 4. The van der Waals surface area contributed by atoms with Crippen molar-refractivity contribution in [3.05, 3.63) is 52.8 Å². The average molecular weight is 305 g/mol. The molecular weight excluding hydrogens is 290 g/mol. The van der Waals surface area contributed by atoms with Gasteiger partial charge in [-0.15, -0.1) is 0 Å². The Morgan fingerprint density at radius 1 is 1.32 bits per heavy atom. The summed E-state index contributed by atoms with van der Waals surface area (Å²) >= 11 is 0.